The molecule has 1 aromatic rings. The number of Topliss-reactive ketones (excluding diaryl/α,β-unsaturated/α-hetero) is 1. The molecule has 1 fully saturated rings. The van der Waals surface area contributed by atoms with Crippen molar-refractivity contribution in [1.82, 2.24) is 4.31 Å². The van der Waals surface area contributed by atoms with E-state index in [1.807, 2.05) is 0 Å². The van der Waals surface area contributed by atoms with Crippen LogP contribution in [0.25, 0.3) is 6.08 Å². The van der Waals surface area contributed by atoms with E-state index >= 15 is 0 Å². The summed E-state index contributed by atoms with van der Waals surface area (Å²) in [7, 11) is -1.93. The van der Waals surface area contributed by atoms with Gasteiger partial charge < -0.3 is 9.47 Å². The Balaban J connectivity index is 1.78. The first kappa shape index (κ1) is 18.6. The molecule has 8 heteroatoms. The van der Waals surface area contributed by atoms with Crippen LogP contribution in [0.4, 0.5) is 0 Å². The van der Waals surface area contributed by atoms with Crippen molar-refractivity contribution in [3.05, 3.63) is 35.4 Å². The molecular formula is C18H21NO6S. The average Bonchev–Trinajstić information content (AvgIpc) is 2.59. The van der Waals surface area contributed by atoms with E-state index in [9.17, 15) is 18.0 Å². The van der Waals surface area contributed by atoms with Gasteiger partial charge in [0.2, 0.25) is 10.0 Å². The molecule has 0 bridgehead atoms. The third-order valence-electron chi connectivity index (χ3n) is 4.83. The van der Waals surface area contributed by atoms with E-state index in [1.165, 1.54) is 23.7 Å². The van der Waals surface area contributed by atoms with E-state index in [0.29, 0.717) is 42.8 Å². The zero-order chi connectivity index (χ0) is 18.9. The van der Waals surface area contributed by atoms with Gasteiger partial charge >= 0.3 is 5.97 Å². The van der Waals surface area contributed by atoms with Crippen molar-refractivity contribution < 1.29 is 27.5 Å². The molecule has 0 aliphatic carbocycles. The lowest BCUT2D eigenvalue weighted by atomic mass is 9.82. The van der Waals surface area contributed by atoms with E-state index in [-0.39, 0.29) is 12.2 Å². The molecule has 2 heterocycles. The third kappa shape index (κ3) is 3.81. The molecule has 0 amide bonds. The number of fused-ring (bicyclic) bond motifs is 1. The first-order valence-electron chi connectivity index (χ1n) is 8.30. The summed E-state index contributed by atoms with van der Waals surface area (Å²) in [6, 6.07) is 5.17. The van der Waals surface area contributed by atoms with Crippen LogP contribution in [0.3, 0.4) is 0 Å². The summed E-state index contributed by atoms with van der Waals surface area (Å²) in [5.74, 6) is -0.00136. The summed E-state index contributed by atoms with van der Waals surface area (Å²) in [5.41, 5.74) is 0.538. The van der Waals surface area contributed by atoms with Crippen molar-refractivity contribution in [3.8, 4) is 5.75 Å². The van der Waals surface area contributed by atoms with Crippen molar-refractivity contribution >= 4 is 27.9 Å². The number of hydrogen-bond acceptors (Lipinski definition) is 6. The van der Waals surface area contributed by atoms with Gasteiger partial charge in [0, 0.05) is 32.0 Å². The lowest BCUT2D eigenvalue weighted by Crippen LogP contribution is -2.52. The molecule has 7 nitrogen and oxygen atoms in total. The van der Waals surface area contributed by atoms with Crippen molar-refractivity contribution in [1.29, 1.82) is 0 Å². The summed E-state index contributed by atoms with van der Waals surface area (Å²) in [6.07, 6.45) is 5.25. The van der Waals surface area contributed by atoms with Crippen molar-refractivity contribution in [3.63, 3.8) is 0 Å². The molecule has 26 heavy (non-hydrogen) atoms. The first-order chi connectivity index (χ1) is 12.2. The lowest BCUT2D eigenvalue weighted by molar-refractivity contribution is -0.134. The van der Waals surface area contributed by atoms with Gasteiger partial charge in [-0.05, 0) is 23.8 Å². The highest BCUT2D eigenvalue weighted by atomic mass is 32.2. The van der Waals surface area contributed by atoms with Crippen LogP contribution in [0.2, 0.25) is 0 Å². The molecule has 2 aliphatic rings. The molecular weight excluding hydrogens is 358 g/mol. The smallest absolute Gasteiger partial charge is 0.330 e. The fourth-order valence-corrected chi connectivity index (χ4v) is 4.20. The van der Waals surface area contributed by atoms with Crippen molar-refractivity contribution in [2.75, 3.05) is 26.5 Å². The highest BCUT2D eigenvalue weighted by Gasteiger charge is 2.44. The van der Waals surface area contributed by atoms with Gasteiger partial charge in [-0.1, -0.05) is 6.07 Å². The fourth-order valence-electron chi connectivity index (χ4n) is 3.35. The van der Waals surface area contributed by atoms with Gasteiger partial charge in [-0.3, -0.25) is 4.79 Å². The Morgan fingerprint density at radius 3 is 2.62 bits per heavy atom. The number of piperidine rings is 1. The number of rotatable bonds is 3. The number of carbonyl (C=O) groups excluding carboxylic acids is 2. The summed E-state index contributed by atoms with van der Waals surface area (Å²) >= 11 is 0. The molecule has 140 valence electrons. The molecule has 0 aromatic heterocycles. The maximum Gasteiger partial charge on any atom is 0.330 e. The second-order valence-electron chi connectivity index (χ2n) is 6.66. The standard InChI is InChI=1S/C18H21NO6S/c1-24-17(21)6-4-13-3-5-16-14(11-13)15(20)12-18(25-16)7-9-19(10-8-18)26(2,22)23/h3-6,11H,7-10,12H2,1-2H3. The van der Waals surface area contributed by atoms with E-state index in [0.717, 1.165) is 0 Å². The zero-order valence-electron chi connectivity index (χ0n) is 14.7. The van der Waals surface area contributed by atoms with Gasteiger partial charge in [-0.15, -0.1) is 0 Å². The first-order valence-corrected chi connectivity index (χ1v) is 10.1. The molecule has 0 saturated carbocycles. The predicted octanol–water partition coefficient (Wildman–Crippen LogP) is 1.63. The van der Waals surface area contributed by atoms with Crippen molar-refractivity contribution in [2.45, 2.75) is 24.9 Å². The quantitative estimate of drug-likeness (QED) is 0.586. The molecule has 0 unspecified atom stereocenters. The maximum absolute atomic E-state index is 12.7. The van der Waals surface area contributed by atoms with Crippen LogP contribution in [-0.4, -0.2) is 56.5 Å². The Labute approximate surface area is 152 Å². The van der Waals surface area contributed by atoms with Gasteiger partial charge in [-0.25, -0.2) is 17.5 Å². The summed E-state index contributed by atoms with van der Waals surface area (Å²) < 4.78 is 35.4. The maximum atomic E-state index is 12.7. The van der Waals surface area contributed by atoms with E-state index < -0.39 is 21.6 Å². The molecule has 1 saturated heterocycles. The van der Waals surface area contributed by atoms with Crippen LogP contribution in [0.15, 0.2) is 24.3 Å². The molecule has 0 N–H and O–H groups in total. The topological polar surface area (TPSA) is 90.0 Å². The lowest BCUT2D eigenvalue weighted by Gasteiger charge is -2.43. The number of esters is 1. The Morgan fingerprint density at radius 1 is 1.31 bits per heavy atom. The van der Waals surface area contributed by atoms with Gasteiger partial charge in [0.1, 0.15) is 11.4 Å². The molecule has 0 atom stereocenters. The normalized spacial score (nSPS) is 20.0. The number of ketones is 1. The highest BCUT2D eigenvalue weighted by Crippen LogP contribution is 2.40. The van der Waals surface area contributed by atoms with E-state index in [2.05, 4.69) is 4.74 Å². The molecule has 2 aliphatic heterocycles. The number of benzene rings is 1. The number of sulfonamides is 1. The minimum Gasteiger partial charge on any atom is -0.486 e. The third-order valence-corrected chi connectivity index (χ3v) is 6.13. The SMILES string of the molecule is COC(=O)C=Cc1ccc2c(c1)C(=O)CC1(CCN(S(C)(=O)=O)CC1)O2. The van der Waals surface area contributed by atoms with E-state index in [4.69, 9.17) is 4.74 Å². The summed E-state index contributed by atoms with van der Waals surface area (Å²) in [5, 5.41) is 0. The van der Waals surface area contributed by atoms with Gasteiger partial charge in [-0.2, -0.15) is 0 Å². The molecule has 0 radical (unpaired) electrons. The zero-order valence-corrected chi connectivity index (χ0v) is 15.5. The van der Waals surface area contributed by atoms with E-state index in [1.54, 1.807) is 24.3 Å². The Kier molecular flexibility index (Phi) is 4.90. The number of methoxy groups -OCH3 is 1. The van der Waals surface area contributed by atoms with Gasteiger partial charge in [0.25, 0.3) is 0 Å². The number of hydrogen-bond donors (Lipinski definition) is 0. The fraction of sp³-hybridized carbons (Fsp3) is 0.444. The molecule has 1 spiro atoms. The van der Waals surface area contributed by atoms with Crippen LogP contribution >= 0.6 is 0 Å². The Morgan fingerprint density at radius 2 is 2.00 bits per heavy atom. The second kappa shape index (κ2) is 6.85. The van der Waals surface area contributed by atoms with Crippen LogP contribution in [0.5, 0.6) is 5.75 Å². The molecule has 3 rings (SSSR count). The van der Waals surface area contributed by atoms with Crippen LogP contribution in [0.1, 0.15) is 35.2 Å². The Hall–Kier alpha value is -2.19. The van der Waals surface area contributed by atoms with Crippen LogP contribution in [0, 0.1) is 0 Å². The predicted molar refractivity (Wildman–Crippen MR) is 95.4 cm³/mol. The second-order valence-corrected chi connectivity index (χ2v) is 8.64. The molecule has 1 aromatic carbocycles. The van der Waals surface area contributed by atoms with Gasteiger partial charge in [0.15, 0.2) is 5.78 Å². The number of ether oxygens (including phenoxy) is 2. The number of nitrogens with zero attached hydrogens (tertiary/aromatic N) is 1. The average molecular weight is 379 g/mol. The van der Waals surface area contributed by atoms with Crippen LogP contribution in [-0.2, 0) is 19.6 Å². The largest absolute Gasteiger partial charge is 0.486 e. The Bertz CT molecular complexity index is 866. The minimum absolute atomic E-state index is 0.0348. The summed E-state index contributed by atoms with van der Waals surface area (Å²) in [4.78, 5) is 23.8. The highest BCUT2D eigenvalue weighted by molar-refractivity contribution is 7.88. The summed E-state index contributed by atoms with van der Waals surface area (Å²) in [6.45, 7) is 0.697. The number of carbonyl (C=O) groups is 2. The monoisotopic (exact) mass is 379 g/mol. The van der Waals surface area contributed by atoms with Crippen molar-refractivity contribution in [2.24, 2.45) is 0 Å². The van der Waals surface area contributed by atoms with Crippen LogP contribution < -0.4 is 4.74 Å². The minimum atomic E-state index is -3.23. The van der Waals surface area contributed by atoms with Gasteiger partial charge in [0.05, 0.1) is 25.3 Å².